The zero-order chi connectivity index (χ0) is 8.81. The van der Waals surface area contributed by atoms with Crippen molar-refractivity contribution >= 4 is 11.3 Å². The predicted molar refractivity (Wildman–Crippen MR) is 49.1 cm³/mol. The Labute approximate surface area is 75.7 Å². The summed E-state index contributed by atoms with van der Waals surface area (Å²) in [6, 6.07) is 0. The minimum atomic E-state index is -1.84. The van der Waals surface area contributed by atoms with Crippen LogP contribution in [0.3, 0.4) is 0 Å². The maximum atomic E-state index is 10.2. The van der Waals surface area contributed by atoms with E-state index in [0.717, 1.165) is 13.0 Å². The van der Waals surface area contributed by atoms with Crippen molar-refractivity contribution in [2.75, 3.05) is 26.2 Å². The average Bonchev–Trinajstić information content (AvgIpc) is 2.49. The normalized spacial score (nSPS) is 21.4. The minimum absolute atomic E-state index is 0.625. The molecule has 0 aromatic heterocycles. The van der Waals surface area contributed by atoms with Crippen molar-refractivity contribution < 1.29 is 8.76 Å². The van der Waals surface area contributed by atoms with Crippen LogP contribution in [0.15, 0.2) is 0 Å². The van der Waals surface area contributed by atoms with Gasteiger partial charge < -0.3 is 4.90 Å². The second-order valence-electron chi connectivity index (χ2n) is 3.05. The summed E-state index contributed by atoms with van der Waals surface area (Å²) in [4.78, 5) is 2.39. The molecule has 1 aliphatic rings. The summed E-state index contributed by atoms with van der Waals surface area (Å²) in [5.74, 6) is 0. The van der Waals surface area contributed by atoms with E-state index in [9.17, 15) is 4.21 Å². The van der Waals surface area contributed by atoms with Crippen LogP contribution in [0, 0.1) is 0 Å². The van der Waals surface area contributed by atoms with Crippen molar-refractivity contribution in [3.63, 3.8) is 0 Å². The summed E-state index contributed by atoms with van der Waals surface area (Å²) in [5, 5.41) is 0. The SMILES string of the molecule is O=S(O)NCCCN1CCCC1. The molecule has 0 aromatic carbocycles. The number of hydrogen-bond acceptors (Lipinski definition) is 2. The lowest BCUT2D eigenvalue weighted by Gasteiger charge is -2.13. The van der Waals surface area contributed by atoms with Crippen LogP contribution in [0.4, 0.5) is 0 Å². The van der Waals surface area contributed by atoms with Gasteiger partial charge in [0.2, 0.25) is 11.3 Å². The van der Waals surface area contributed by atoms with Gasteiger partial charge in [-0.1, -0.05) is 0 Å². The number of nitrogens with one attached hydrogen (secondary N) is 1. The Morgan fingerprint density at radius 3 is 2.67 bits per heavy atom. The molecule has 2 N–H and O–H groups in total. The lowest BCUT2D eigenvalue weighted by molar-refractivity contribution is 0.334. The van der Waals surface area contributed by atoms with Crippen LogP contribution in [0.1, 0.15) is 19.3 Å². The number of rotatable bonds is 5. The van der Waals surface area contributed by atoms with Crippen molar-refractivity contribution in [3.05, 3.63) is 0 Å². The molecular weight excluding hydrogens is 176 g/mol. The van der Waals surface area contributed by atoms with E-state index < -0.39 is 11.3 Å². The van der Waals surface area contributed by atoms with Crippen molar-refractivity contribution in [2.45, 2.75) is 19.3 Å². The molecule has 1 saturated heterocycles. The molecule has 0 radical (unpaired) electrons. The van der Waals surface area contributed by atoms with E-state index in [1.54, 1.807) is 0 Å². The Morgan fingerprint density at radius 2 is 2.08 bits per heavy atom. The highest BCUT2D eigenvalue weighted by Crippen LogP contribution is 2.06. The van der Waals surface area contributed by atoms with Crippen molar-refractivity contribution in [2.24, 2.45) is 0 Å². The van der Waals surface area contributed by atoms with Gasteiger partial charge in [-0.15, -0.1) is 0 Å². The van der Waals surface area contributed by atoms with Gasteiger partial charge in [0.1, 0.15) is 0 Å². The van der Waals surface area contributed by atoms with Crippen LogP contribution in [0.5, 0.6) is 0 Å². The van der Waals surface area contributed by atoms with E-state index in [-0.39, 0.29) is 0 Å². The van der Waals surface area contributed by atoms with Crippen LogP contribution in [-0.2, 0) is 11.3 Å². The van der Waals surface area contributed by atoms with E-state index >= 15 is 0 Å². The zero-order valence-electron chi connectivity index (χ0n) is 7.16. The smallest absolute Gasteiger partial charge is 0.231 e. The maximum Gasteiger partial charge on any atom is 0.231 e. The van der Waals surface area contributed by atoms with Gasteiger partial charge in [-0.05, 0) is 38.9 Å². The van der Waals surface area contributed by atoms with E-state index in [2.05, 4.69) is 9.62 Å². The van der Waals surface area contributed by atoms with Gasteiger partial charge in [0.05, 0.1) is 0 Å². The Kier molecular flexibility index (Phi) is 4.75. The predicted octanol–water partition coefficient (Wildman–Crippen LogP) is 0.199. The first kappa shape index (κ1) is 10.1. The molecule has 1 fully saturated rings. The fourth-order valence-corrected chi connectivity index (χ4v) is 1.79. The molecule has 0 amide bonds. The first-order valence-corrected chi connectivity index (χ1v) is 5.46. The van der Waals surface area contributed by atoms with E-state index in [0.29, 0.717) is 6.54 Å². The van der Waals surface area contributed by atoms with E-state index in [1.807, 2.05) is 0 Å². The highest BCUT2D eigenvalue weighted by atomic mass is 32.2. The molecule has 0 aliphatic carbocycles. The lowest BCUT2D eigenvalue weighted by Crippen LogP contribution is -2.25. The van der Waals surface area contributed by atoms with Crippen molar-refractivity contribution in [1.82, 2.24) is 9.62 Å². The van der Waals surface area contributed by atoms with Crippen LogP contribution in [0.25, 0.3) is 0 Å². The standard InChI is InChI=1S/C7H16N2O2S/c10-12(11)8-4-3-7-9-5-1-2-6-9/h8H,1-7H2,(H,10,11). The molecule has 1 atom stereocenters. The van der Waals surface area contributed by atoms with Crippen LogP contribution in [-0.4, -0.2) is 39.8 Å². The second kappa shape index (κ2) is 5.64. The molecule has 0 bridgehead atoms. The molecule has 0 spiro atoms. The fourth-order valence-electron chi connectivity index (χ4n) is 1.47. The first-order chi connectivity index (χ1) is 5.79. The molecule has 1 rings (SSSR count). The third-order valence-corrected chi connectivity index (χ3v) is 2.53. The molecule has 0 aromatic rings. The van der Waals surface area contributed by atoms with Gasteiger partial charge in [-0.25, -0.2) is 8.93 Å². The van der Waals surface area contributed by atoms with Gasteiger partial charge in [0.25, 0.3) is 0 Å². The Balaban J connectivity index is 1.91. The van der Waals surface area contributed by atoms with Gasteiger partial charge in [0, 0.05) is 6.54 Å². The summed E-state index contributed by atoms with van der Waals surface area (Å²) in [5.41, 5.74) is 0. The Hall–Kier alpha value is 0.0300. The molecule has 1 aliphatic heterocycles. The second-order valence-corrected chi connectivity index (χ2v) is 3.83. The lowest BCUT2D eigenvalue weighted by atomic mass is 10.4. The van der Waals surface area contributed by atoms with E-state index in [1.165, 1.54) is 25.9 Å². The zero-order valence-corrected chi connectivity index (χ0v) is 7.98. The molecule has 4 nitrogen and oxygen atoms in total. The Bertz CT molecular complexity index is 148. The molecule has 1 unspecified atom stereocenters. The fraction of sp³-hybridized carbons (Fsp3) is 1.00. The van der Waals surface area contributed by atoms with E-state index in [4.69, 9.17) is 4.55 Å². The van der Waals surface area contributed by atoms with Crippen molar-refractivity contribution in [1.29, 1.82) is 0 Å². The third-order valence-electron chi connectivity index (χ3n) is 2.08. The van der Waals surface area contributed by atoms with Gasteiger partial charge >= 0.3 is 0 Å². The highest BCUT2D eigenvalue weighted by molar-refractivity contribution is 7.77. The first-order valence-electron chi connectivity index (χ1n) is 4.36. The summed E-state index contributed by atoms with van der Waals surface area (Å²) >= 11 is -1.84. The minimum Gasteiger partial charge on any atom is -0.303 e. The molecule has 72 valence electrons. The number of hydrogen-bond donors (Lipinski definition) is 2. The Morgan fingerprint density at radius 1 is 1.42 bits per heavy atom. The maximum absolute atomic E-state index is 10.2. The molecule has 5 heteroatoms. The monoisotopic (exact) mass is 192 g/mol. The van der Waals surface area contributed by atoms with Gasteiger partial charge in [0.15, 0.2) is 0 Å². The highest BCUT2D eigenvalue weighted by Gasteiger charge is 2.09. The third kappa shape index (κ3) is 4.15. The molecule has 12 heavy (non-hydrogen) atoms. The van der Waals surface area contributed by atoms with Crippen LogP contribution < -0.4 is 4.72 Å². The number of nitrogens with zero attached hydrogens (tertiary/aromatic N) is 1. The summed E-state index contributed by atoms with van der Waals surface area (Å²) in [6.45, 7) is 4.06. The average molecular weight is 192 g/mol. The van der Waals surface area contributed by atoms with Gasteiger partial charge in [-0.2, -0.15) is 0 Å². The molecule has 0 saturated carbocycles. The summed E-state index contributed by atoms with van der Waals surface area (Å²) in [6.07, 6.45) is 3.56. The van der Waals surface area contributed by atoms with Crippen LogP contribution in [0.2, 0.25) is 0 Å². The van der Waals surface area contributed by atoms with Gasteiger partial charge in [-0.3, -0.25) is 4.55 Å². The molecule has 1 heterocycles. The summed E-state index contributed by atoms with van der Waals surface area (Å²) in [7, 11) is 0. The summed E-state index contributed by atoms with van der Waals surface area (Å²) < 4.78 is 21.0. The quantitative estimate of drug-likeness (QED) is 0.483. The van der Waals surface area contributed by atoms with Crippen molar-refractivity contribution in [3.8, 4) is 0 Å². The molecular formula is C7H16N2O2S. The number of likely N-dealkylation sites (tertiary alicyclic amines) is 1. The van der Waals surface area contributed by atoms with Crippen LogP contribution >= 0.6 is 0 Å². The topological polar surface area (TPSA) is 52.6 Å². The largest absolute Gasteiger partial charge is 0.303 e.